The molecule has 2 aromatic rings. The second-order valence-electron chi connectivity index (χ2n) is 7.32. The molecule has 1 heterocycles. The van der Waals surface area contributed by atoms with Gasteiger partial charge >= 0.3 is 0 Å². The largest absolute Gasteiger partial charge is 0.369 e. The van der Waals surface area contributed by atoms with Gasteiger partial charge in [0.2, 0.25) is 5.91 Å². The Hall–Kier alpha value is -2.04. The third-order valence-electron chi connectivity index (χ3n) is 5.40. The summed E-state index contributed by atoms with van der Waals surface area (Å²) in [6.07, 6.45) is 0. The van der Waals surface area contributed by atoms with Crippen LogP contribution in [0.5, 0.6) is 0 Å². The third kappa shape index (κ3) is 5.02. The van der Waals surface area contributed by atoms with Crippen LogP contribution in [0.4, 0.5) is 5.69 Å². The van der Waals surface area contributed by atoms with Gasteiger partial charge in [-0.15, -0.1) is 0 Å². The molecule has 3 rings (SSSR count). The van der Waals surface area contributed by atoms with Crippen LogP contribution in [0.2, 0.25) is 5.02 Å². The van der Waals surface area contributed by atoms with Crippen LogP contribution in [0.25, 0.3) is 0 Å². The Balaban J connectivity index is 1.49. The summed E-state index contributed by atoms with van der Waals surface area (Å²) in [5, 5.41) is 3.79. The van der Waals surface area contributed by atoms with Gasteiger partial charge in [-0.1, -0.05) is 35.9 Å². The lowest BCUT2D eigenvalue weighted by atomic mass is 10.1. The molecule has 144 valence electrons. The smallest absolute Gasteiger partial charge is 0.234 e. The van der Waals surface area contributed by atoms with Crippen LogP contribution >= 0.6 is 11.6 Å². The maximum absolute atomic E-state index is 12.4. The number of rotatable bonds is 5. The van der Waals surface area contributed by atoms with Gasteiger partial charge in [0.05, 0.1) is 12.6 Å². The molecular weight excluding hydrogens is 358 g/mol. The molecule has 1 amide bonds. The molecule has 0 radical (unpaired) electrons. The molecule has 1 N–H and O–H groups in total. The zero-order valence-corrected chi connectivity index (χ0v) is 17.1. The van der Waals surface area contributed by atoms with E-state index in [0.29, 0.717) is 11.6 Å². The van der Waals surface area contributed by atoms with Crippen LogP contribution in [0.3, 0.4) is 0 Å². The van der Waals surface area contributed by atoms with E-state index in [9.17, 15) is 4.79 Å². The lowest BCUT2D eigenvalue weighted by Crippen LogP contribution is -2.49. The topological polar surface area (TPSA) is 35.6 Å². The average Bonchev–Trinajstić information content (AvgIpc) is 2.65. The van der Waals surface area contributed by atoms with Crippen molar-refractivity contribution in [1.82, 2.24) is 10.2 Å². The summed E-state index contributed by atoms with van der Waals surface area (Å²) in [7, 11) is 0. The van der Waals surface area contributed by atoms with Crippen molar-refractivity contribution in [2.24, 2.45) is 0 Å². The highest BCUT2D eigenvalue weighted by Crippen LogP contribution is 2.23. The first-order chi connectivity index (χ1) is 12.9. The first kappa shape index (κ1) is 19.7. The number of hydrogen-bond donors (Lipinski definition) is 1. The standard InChI is InChI=1S/C22H28ClN3O/c1-16-5-4-6-21(17(16)2)26-13-11-25(12-14-26)15-22(27)24-18(3)19-7-9-20(23)10-8-19/h4-10,18H,11-15H2,1-3H3,(H,24,27)/t18-/m1/s1. The molecule has 27 heavy (non-hydrogen) atoms. The number of halogens is 1. The Morgan fingerprint density at radius 3 is 2.41 bits per heavy atom. The van der Waals surface area contributed by atoms with Crippen molar-refractivity contribution in [1.29, 1.82) is 0 Å². The molecule has 4 nitrogen and oxygen atoms in total. The SMILES string of the molecule is Cc1cccc(N2CCN(CC(=O)N[C@H](C)c3ccc(Cl)cc3)CC2)c1C. The summed E-state index contributed by atoms with van der Waals surface area (Å²) in [4.78, 5) is 17.1. The van der Waals surface area contributed by atoms with Crippen LogP contribution < -0.4 is 10.2 Å². The fraction of sp³-hybridized carbons (Fsp3) is 0.409. The molecule has 0 saturated carbocycles. The minimum atomic E-state index is -0.0222. The normalized spacial score (nSPS) is 16.2. The van der Waals surface area contributed by atoms with Crippen molar-refractivity contribution < 1.29 is 4.79 Å². The van der Waals surface area contributed by atoms with Gasteiger partial charge in [0.15, 0.2) is 0 Å². The summed E-state index contributed by atoms with van der Waals surface area (Å²) in [6.45, 7) is 10.5. The number of amides is 1. The highest BCUT2D eigenvalue weighted by Gasteiger charge is 2.21. The lowest BCUT2D eigenvalue weighted by Gasteiger charge is -2.36. The van der Waals surface area contributed by atoms with Crippen molar-refractivity contribution >= 4 is 23.2 Å². The minimum Gasteiger partial charge on any atom is -0.369 e. The summed E-state index contributed by atoms with van der Waals surface area (Å²) >= 11 is 5.93. The minimum absolute atomic E-state index is 0.0222. The Morgan fingerprint density at radius 2 is 1.74 bits per heavy atom. The monoisotopic (exact) mass is 385 g/mol. The lowest BCUT2D eigenvalue weighted by molar-refractivity contribution is -0.123. The van der Waals surface area contributed by atoms with Gasteiger partial charge in [-0.05, 0) is 55.7 Å². The maximum atomic E-state index is 12.4. The maximum Gasteiger partial charge on any atom is 0.234 e. The molecule has 0 spiro atoms. The number of anilines is 1. The molecule has 1 saturated heterocycles. The number of carbonyl (C=O) groups excluding carboxylic acids is 1. The Kier molecular flexibility index (Phi) is 6.40. The number of nitrogens with one attached hydrogen (secondary N) is 1. The Labute approximate surface area is 167 Å². The van der Waals surface area contributed by atoms with E-state index < -0.39 is 0 Å². The molecule has 2 aromatic carbocycles. The molecule has 1 fully saturated rings. The second kappa shape index (κ2) is 8.77. The van der Waals surface area contributed by atoms with Gasteiger partial charge in [0.1, 0.15) is 0 Å². The number of benzene rings is 2. The summed E-state index contributed by atoms with van der Waals surface area (Å²) in [6, 6.07) is 14.1. The van der Waals surface area contributed by atoms with Crippen molar-refractivity contribution in [3.05, 3.63) is 64.2 Å². The fourth-order valence-corrected chi connectivity index (χ4v) is 3.68. The predicted molar refractivity (Wildman–Crippen MR) is 113 cm³/mol. The van der Waals surface area contributed by atoms with Crippen molar-refractivity contribution in [2.75, 3.05) is 37.6 Å². The third-order valence-corrected chi connectivity index (χ3v) is 5.66. The number of nitrogens with zero attached hydrogens (tertiary/aromatic N) is 2. The van der Waals surface area contributed by atoms with Crippen molar-refractivity contribution in [3.63, 3.8) is 0 Å². The fourth-order valence-electron chi connectivity index (χ4n) is 3.55. The molecule has 1 aliphatic rings. The highest BCUT2D eigenvalue weighted by atomic mass is 35.5. The van der Waals surface area contributed by atoms with E-state index in [4.69, 9.17) is 11.6 Å². The van der Waals surface area contributed by atoms with E-state index in [2.05, 4.69) is 47.2 Å². The first-order valence-electron chi connectivity index (χ1n) is 9.52. The van der Waals surface area contributed by atoms with Gasteiger partial charge in [0.25, 0.3) is 0 Å². The molecule has 0 bridgehead atoms. The Morgan fingerprint density at radius 1 is 1.07 bits per heavy atom. The summed E-state index contributed by atoms with van der Waals surface area (Å²) in [5.41, 5.74) is 5.05. The number of carbonyl (C=O) groups is 1. The molecule has 1 atom stereocenters. The van der Waals surface area contributed by atoms with E-state index in [1.807, 2.05) is 31.2 Å². The van der Waals surface area contributed by atoms with Crippen LogP contribution in [0, 0.1) is 13.8 Å². The zero-order chi connectivity index (χ0) is 19.4. The van der Waals surface area contributed by atoms with E-state index in [1.54, 1.807) is 0 Å². The van der Waals surface area contributed by atoms with Crippen LogP contribution in [0.15, 0.2) is 42.5 Å². The average molecular weight is 386 g/mol. The quantitative estimate of drug-likeness (QED) is 0.846. The summed E-state index contributed by atoms with van der Waals surface area (Å²) < 4.78 is 0. The molecule has 0 aromatic heterocycles. The predicted octanol–water partition coefficient (Wildman–Crippen LogP) is 3.96. The van der Waals surface area contributed by atoms with Gasteiger partial charge < -0.3 is 10.2 Å². The van der Waals surface area contributed by atoms with E-state index in [1.165, 1.54) is 16.8 Å². The molecule has 0 unspecified atom stereocenters. The van der Waals surface area contributed by atoms with Gasteiger partial charge in [0, 0.05) is 36.9 Å². The first-order valence-corrected chi connectivity index (χ1v) is 9.90. The van der Waals surface area contributed by atoms with Crippen molar-refractivity contribution in [2.45, 2.75) is 26.8 Å². The molecule has 5 heteroatoms. The number of hydrogen-bond acceptors (Lipinski definition) is 3. The van der Waals surface area contributed by atoms with Crippen LogP contribution in [0.1, 0.15) is 29.7 Å². The second-order valence-corrected chi connectivity index (χ2v) is 7.76. The van der Waals surface area contributed by atoms with Crippen molar-refractivity contribution in [3.8, 4) is 0 Å². The zero-order valence-electron chi connectivity index (χ0n) is 16.3. The number of aryl methyl sites for hydroxylation is 1. The van der Waals surface area contributed by atoms with Crippen LogP contribution in [-0.2, 0) is 4.79 Å². The molecular formula is C22H28ClN3O. The van der Waals surface area contributed by atoms with Gasteiger partial charge in [-0.2, -0.15) is 0 Å². The summed E-state index contributed by atoms with van der Waals surface area (Å²) in [5.74, 6) is 0.0673. The molecule has 1 aliphatic heterocycles. The van der Waals surface area contributed by atoms with E-state index >= 15 is 0 Å². The van der Waals surface area contributed by atoms with E-state index in [0.717, 1.165) is 31.7 Å². The molecule has 0 aliphatic carbocycles. The Bertz CT molecular complexity index is 783. The highest BCUT2D eigenvalue weighted by molar-refractivity contribution is 6.30. The van der Waals surface area contributed by atoms with Crippen LogP contribution in [-0.4, -0.2) is 43.5 Å². The van der Waals surface area contributed by atoms with Gasteiger partial charge in [-0.25, -0.2) is 0 Å². The van der Waals surface area contributed by atoms with E-state index in [-0.39, 0.29) is 11.9 Å². The van der Waals surface area contributed by atoms with Gasteiger partial charge in [-0.3, -0.25) is 9.69 Å². The number of piperazine rings is 1.